The highest BCUT2D eigenvalue weighted by Crippen LogP contribution is 2.53. The Morgan fingerprint density at radius 3 is 1.67 bits per heavy atom. The van der Waals surface area contributed by atoms with Crippen LogP contribution in [-0.4, -0.2) is 0 Å². The molecule has 0 aromatic heterocycles. The van der Waals surface area contributed by atoms with Crippen LogP contribution >= 0.6 is 0 Å². The summed E-state index contributed by atoms with van der Waals surface area (Å²) in [6.07, 6.45) is 15.1. The summed E-state index contributed by atoms with van der Waals surface area (Å²) in [6, 6.07) is 0. The summed E-state index contributed by atoms with van der Waals surface area (Å²) < 4.78 is 0. The van der Waals surface area contributed by atoms with E-state index in [2.05, 4.69) is 13.8 Å². The van der Waals surface area contributed by atoms with Crippen LogP contribution < -0.4 is 0 Å². The fraction of sp³-hybridized carbons (Fsp3) is 1.00. The predicted octanol–water partition coefficient (Wildman–Crippen LogP) is 5.17. The third kappa shape index (κ3) is 3.23. The zero-order valence-electron chi connectivity index (χ0n) is 10.7. The molecule has 3 saturated carbocycles. The lowest BCUT2D eigenvalue weighted by Gasteiger charge is -2.18. The average Bonchev–Trinajstić information content (AvgIpc) is 2.77. The number of rotatable bonds is 0. The molecule has 0 aromatic rings. The molecule has 88 valence electrons. The van der Waals surface area contributed by atoms with Crippen molar-refractivity contribution in [2.75, 3.05) is 0 Å². The molecule has 0 spiro atoms. The third-order valence-corrected chi connectivity index (χ3v) is 4.99. The van der Waals surface area contributed by atoms with Gasteiger partial charge in [0.15, 0.2) is 0 Å². The molecule has 0 amide bonds. The molecule has 0 aliphatic heterocycles. The van der Waals surface area contributed by atoms with Crippen LogP contribution in [0.15, 0.2) is 0 Å². The van der Waals surface area contributed by atoms with Crippen LogP contribution in [0.4, 0.5) is 0 Å². The maximum Gasteiger partial charge on any atom is -0.0323 e. The predicted molar refractivity (Wildman–Crippen MR) is 66.9 cm³/mol. The first-order valence-electron chi connectivity index (χ1n) is 7.18. The SMILES string of the molecule is CC12CCC(CC1)C2.CC1CCCCC1. The van der Waals surface area contributed by atoms with Gasteiger partial charge in [-0.25, -0.2) is 0 Å². The minimum Gasteiger partial charge on any atom is -0.0625 e. The summed E-state index contributed by atoms with van der Waals surface area (Å²) in [6.45, 7) is 4.82. The zero-order valence-corrected chi connectivity index (χ0v) is 10.7. The molecule has 3 aliphatic rings. The lowest BCUT2D eigenvalue weighted by molar-refractivity contribution is 0.332. The Morgan fingerprint density at radius 1 is 0.867 bits per heavy atom. The van der Waals surface area contributed by atoms with Gasteiger partial charge in [0.2, 0.25) is 0 Å². The molecule has 15 heavy (non-hydrogen) atoms. The summed E-state index contributed by atoms with van der Waals surface area (Å²) >= 11 is 0. The van der Waals surface area contributed by atoms with Crippen LogP contribution in [0.2, 0.25) is 0 Å². The van der Waals surface area contributed by atoms with Gasteiger partial charge in [0.25, 0.3) is 0 Å². The van der Waals surface area contributed by atoms with E-state index in [1.807, 2.05) is 0 Å². The first-order valence-corrected chi connectivity index (χ1v) is 7.18. The molecule has 2 bridgehead atoms. The fourth-order valence-electron chi connectivity index (χ4n) is 3.79. The minimum atomic E-state index is 0.810. The molecular weight excluding hydrogens is 180 g/mol. The summed E-state index contributed by atoms with van der Waals surface area (Å²) in [5.41, 5.74) is 0.810. The van der Waals surface area contributed by atoms with Crippen molar-refractivity contribution in [1.82, 2.24) is 0 Å². The number of fused-ring (bicyclic) bond motifs is 2. The quantitative estimate of drug-likeness (QED) is 0.515. The Hall–Kier alpha value is 0. The van der Waals surface area contributed by atoms with Crippen molar-refractivity contribution in [3.8, 4) is 0 Å². The first-order chi connectivity index (χ1) is 7.18. The van der Waals surface area contributed by atoms with Crippen molar-refractivity contribution >= 4 is 0 Å². The van der Waals surface area contributed by atoms with E-state index in [1.165, 1.54) is 57.8 Å². The summed E-state index contributed by atoms with van der Waals surface area (Å²) in [4.78, 5) is 0. The average molecular weight is 208 g/mol. The third-order valence-electron chi connectivity index (χ3n) is 4.99. The van der Waals surface area contributed by atoms with Crippen LogP contribution in [0.25, 0.3) is 0 Å². The highest BCUT2D eigenvalue weighted by atomic mass is 14.5. The van der Waals surface area contributed by atoms with Gasteiger partial charge in [0.05, 0.1) is 0 Å². The van der Waals surface area contributed by atoms with Gasteiger partial charge in [-0.05, 0) is 49.4 Å². The molecule has 0 saturated heterocycles. The molecule has 0 radical (unpaired) electrons. The van der Waals surface area contributed by atoms with Crippen LogP contribution in [0.1, 0.15) is 78.1 Å². The van der Waals surface area contributed by atoms with Crippen molar-refractivity contribution < 1.29 is 0 Å². The zero-order chi connectivity index (χ0) is 10.7. The van der Waals surface area contributed by atoms with Crippen LogP contribution in [-0.2, 0) is 0 Å². The molecule has 3 rings (SSSR count). The van der Waals surface area contributed by atoms with Gasteiger partial charge >= 0.3 is 0 Å². The Morgan fingerprint density at radius 2 is 1.47 bits per heavy atom. The maximum atomic E-state index is 2.46. The minimum absolute atomic E-state index is 0.810. The highest BCUT2D eigenvalue weighted by Gasteiger charge is 2.40. The van der Waals surface area contributed by atoms with E-state index in [1.54, 1.807) is 6.42 Å². The standard InChI is InChI=1S/C8H14.C7H14/c1-8-4-2-7(6-8)3-5-8;1-7-5-3-2-4-6-7/h7H,2-6H2,1H3;7H,2-6H2,1H3. The number of hydrogen-bond donors (Lipinski definition) is 0. The van der Waals surface area contributed by atoms with Gasteiger partial charge < -0.3 is 0 Å². The van der Waals surface area contributed by atoms with Crippen molar-refractivity contribution in [3.63, 3.8) is 0 Å². The normalized spacial score (nSPS) is 40.0. The summed E-state index contributed by atoms with van der Waals surface area (Å²) in [5, 5.41) is 0. The fourth-order valence-corrected chi connectivity index (χ4v) is 3.79. The van der Waals surface area contributed by atoms with E-state index in [4.69, 9.17) is 0 Å². The molecule has 3 aliphatic carbocycles. The topological polar surface area (TPSA) is 0 Å². The van der Waals surface area contributed by atoms with E-state index in [0.717, 1.165) is 17.3 Å². The second-order valence-corrected chi connectivity index (χ2v) is 6.70. The number of hydrogen-bond acceptors (Lipinski definition) is 0. The molecule has 0 heteroatoms. The molecule has 0 heterocycles. The van der Waals surface area contributed by atoms with Crippen molar-refractivity contribution in [3.05, 3.63) is 0 Å². The molecule has 3 fully saturated rings. The van der Waals surface area contributed by atoms with E-state index in [9.17, 15) is 0 Å². The van der Waals surface area contributed by atoms with Crippen LogP contribution in [0.3, 0.4) is 0 Å². The maximum absolute atomic E-state index is 2.46. The van der Waals surface area contributed by atoms with Gasteiger partial charge in [-0.2, -0.15) is 0 Å². The van der Waals surface area contributed by atoms with Crippen LogP contribution in [0, 0.1) is 17.3 Å². The lowest BCUT2D eigenvalue weighted by atomic mass is 9.87. The molecule has 0 nitrogen and oxygen atoms in total. The van der Waals surface area contributed by atoms with Gasteiger partial charge in [0.1, 0.15) is 0 Å². The van der Waals surface area contributed by atoms with Crippen molar-refractivity contribution in [2.45, 2.75) is 78.1 Å². The molecule has 0 unspecified atom stereocenters. The Balaban J connectivity index is 0.000000115. The molecular formula is C15H28. The molecule has 0 atom stereocenters. The summed E-state index contributed by atoms with van der Waals surface area (Å²) in [5.74, 6) is 2.17. The van der Waals surface area contributed by atoms with Gasteiger partial charge in [-0.3, -0.25) is 0 Å². The van der Waals surface area contributed by atoms with Gasteiger partial charge in [-0.1, -0.05) is 46.0 Å². The first kappa shape index (κ1) is 11.5. The smallest absolute Gasteiger partial charge is 0.0323 e. The van der Waals surface area contributed by atoms with Crippen LogP contribution in [0.5, 0.6) is 0 Å². The van der Waals surface area contributed by atoms with Gasteiger partial charge in [0, 0.05) is 0 Å². The molecule has 0 N–H and O–H groups in total. The Bertz CT molecular complexity index is 180. The second-order valence-electron chi connectivity index (χ2n) is 6.70. The second kappa shape index (κ2) is 4.89. The van der Waals surface area contributed by atoms with E-state index < -0.39 is 0 Å². The van der Waals surface area contributed by atoms with E-state index >= 15 is 0 Å². The van der Waals surface area contributed by atoms with E-state index in [0.29, 0.717) is 0 Å². The largest absolute Gasteiger partial charge is 0.0625 e. The Kier molecular flexibility index (Phi) is 3.74. The van der Waals surface area contributed by atoms with Crippen molar-refractivity contribution in [1.29, 1.82) is 0 Å². The molecule has 0 aromatic carbocycles. The summed E-state index contributed by atoms with van der Waals surface area (Å²) in [7, 11) is 0. The van der Waals surface area contributed by atoms with Gasteiger partial charge in [-0.15, -0.1) is 0 Å². The van der Waals surface area contributed by atoms with E-state index in [-0.39, 0.29) is 0 Å². The highest BCUT2D eigenvalue weighted by molar-refractivity contribution is 4.92. The Labute approximate surface area is 95.8 Å². The monoisotopic (exact) mass is 208 g/mol. The lowest BCUT2D eigenvalue weighted by Crippen LogP contribution is -2.06. The van der Waals surface area contributed by atoms with Crippen molar-refractivity contribution in [2.24, 2.45) is 17.3 Å².